The van der Waals surface area contributed by atoms with Gasteiger partial charge in [0.15, 0.2) is 0 Å². The van der Waals surface area contributed by atoms with Crippen molar-refractivity contribution in [1.29, 1.82) is 0 Å². The first-order chi connectivity index (χ1) is 12.1. The molecular weight excluding hydrogens is 320 g/mol. The fourth-order valence-corrected chi connectivity index (χ4v) is 3.75. The van der Waals surface area contributed by atoms with E-state index in [1.165, 1.54) is 17.6 Å². The maximum Gasteiger partial charge on any atom is 0.410 e. The Morgan fingerprint density at radius 1 is 1.24 bits per heavy atom. The number of piperidine rings is 1. The van der Waals surface area contributed by atoms with Crippen molar-refractivity contribution in [3.05, 3.63) is 22.8 Å². The van der Waals surface area contributed by atoms with E-state index in [4.69, 9.17) is 4.74 Å². The molecule has 1 N–H and O–H groups in total. The molecule has 1 fully saturated rings. The SMILES string of the molecule is COC(=O)N1CCCC[C@H]1C(=O)NCCc1nc(C)c2c(n1)CCC2. The monoisotopic (exact) mass is 346 g/mol. The van der Waals surface area contributed by atoms with Crippen LogP contribution in [0.1, 0.15) is 48.5 Å². The van der Waals surface area contributed by atoms with Gasteiger partial charge >= 0.3 is 6.09 Å². The zero-order chi connectivity index (χ0) is 17.8. The molecule has 136 valence electrons. The molecule has 1 atom stereocenters. The molecule has 1 aliphatic heterocycles. The van der Waals surface area contributed by atoms with Gasteiger partial charge in [-0.1, -0.05) is 0 Å². The number of ether oxygens (including phenoxy) is 1. The lowest BCUT2D eigenvalue weighted by atomic mass is 10.0. The Labute approximate surface area is 148 Å². The van der Waals surface area contributed by atoms with Gasteiger partial charge in [0.2, 0.25) is 5.91 Å². The average molecular weight is 346 g/mol. The number of likely N-dealkylation sites (tertiary alicyclic amines) is 1. The molecule has 3 rings (SSSR count). The minimum atomic E-state index is -0.441. The Kier molecular flexibility index (Phi) is 5.50. The Bertz CT molecular complexity index is 662. The van der Waals surface area contributed by atoms with Gasteiger partial charge in [0, 0.05) is 30.9 Å². The van der Waals surface area contributed by atoms with Gasteiger partial charge in [0.25, 0.3) is 0 Å². The van der Waals surface area contributed by atoms with Crippen molar-refractivity contribution in [2.45, 2.75) is 57.9 Å². The average Bonchev–Trinajstić information content (AvgIpc) is 3.10. The van der Waals surface area contributed by atoms with Gasteiger partial charge in [-0.15, -0.1) is 0 Å². The van der Waals surface area contributed by atoms with E-state index in [1.807, 2.05) is 6.92 Å². The van der Waals surface area contributed by atoms with Crippen molar-refractivity contribution >= 4 is 12.0 Å². The van der Waals surface area contributed by atoms with Gasteiger partial charge in [-0.25, -0.2) is 14.8 Å². The number of hydrogen-bond acceptors (Lipinski definition) is 5. The standard InChI is InChI=1S/C18H26N4O3/c1-12-13-6-5-7-14(13)21-16(20-12)9-10-19-17(23)15-8-3-4-11-22(15)18(24)25-2/h15H,3-11H2,1-2H3,(H,19,23)/t15-/m0/s1. The van der Waals surface area contributed by atoms with E-state index < -0.39 is 12.1 Å². The summed E-state index contributed by atoms with van der Waals surface area (Å²) in [6.07, 6.45) is 5.94. The third-order valence-corrected chi connectivity index (χ3v) is 5.05. The lowest BCUT2D eigenvalue weighted by Crippen LogP contribution is -2.52. The highest BCUT2D eigenvalue weighted by atomic mass is 16.5. The molecule has 7 nitrogen and oxygen atoms in total. The summed E-state index contributed by atoms with van der Waals surface area (Å²) in [5.41, 5.74) is 3.52. The molecule has 0 spiro atoms. The molecule has 1 saturated heterocycles. The zero-order valence-electron chi connectivity index (χ0n) is 15.0. The van der Waals surface area contributed by atoms with Crippen molar-refractivity contribution in [2.24, 2.45) is 0 Å². The Morgan fingerprint density at radius 2 is 2.08 bits per heavy atom. The lowest BCUT2D eigenvalue weighted by Gasteiger charge is -2.33. The molecule has 25 heavy (non-hydrogen) atoms. The maximum atomic E-state index is 12.5. The third kappa shape index (κ3) is 3.91. The molecule has 0 radical (unpaired) electrons. The van der Waals surface area contributed by atoms with Crippen LogP contribution in [0, 0.1) is 6.92 Å². The number of amides is 2. The number of fused-ring (bicyclic) bond motifs is 1. The largest absolute Gasteiger partial charge is 0.453 e. The number of carbonyl (C=O) groups excluding carboxylic acids is 2. The second-order valence-corrected chi connectivity index (χ2v) is 6.72. The highest BCUT2D eigenvalue weighted by molar-refractivity contribution is 5.85. The maximum absolute atomic E-state index is 12.5. The van der Waals surface area contributed by atoms with E-state index in [9.17, 15) is 9.59 Å². The van der Waals surface area contributed by atoms with Crippen LogP contribution in [0.25, 0.3) is 0 Å². The predicted molar refractivity (Wildman–Crippen MR) is 92.3 cm³/mol. The summed E-state index contributed by atoms with van der Waals surface area (Å²) in [5, 5.41) is 2.93. The van der Waals surface area contributed by atoms with Crippen molar-refractivity contribution in [2.75, 3.05) is 20.2 Å². The van der Waals surface area contributed by atoms with E-state index in [0.717, 1.165) is 49.3 Å². The van der Waals surface area contributed by atoms with Crippen LogP contribution in [0.5, 0.6) is 0 Å². The summed E-state index contributed by atoms with van der Waals surface area (Å²) >= 11 is 0. The van der Waals surface area contributed by atoms with Gasteiger partial charge in [-0.3, -0.25) is 9.69 Å². The number of nitrogens with one attached hydrogen (secondary N) is 1. The van der Waals surface area contributed by atoms with Crippen LogP contribution in [-0.4, -0.2) is 53.1 Å². The van der Waals surface area contributed by atoms with Gasteiger partial charge in [0.05, 0.1) is 7.11 Å². The second kappa shape index (κ2) is 7.80. The molecule has 7 heteroatoms. The second-order valence-electron chi connectivity index (χ2n) is 6.72. The first-order valence-electron chi connectivity index (χ1n) is 9.07. The van der Waals surface area contributed by atoms with E-state index in [-0.39, 0.29) is 5.91 Å². The third-order valence-electron chi connectivity index (χ3n) is 5.05. The highest BCUT2D eigenvalue weighted by Crippen LogP contribution is 2.22. The van der Waals surface area contributed by atoms with Gasteiger partial charge < -0.3 is 10.1 Å². The number of aromatic nitrogens is 2. The van der Waals surface area contributed by atoms with Crippen LogP contribution in [0.15, 0.2) is 0 Å². The highest BCUT2D eigenvalue weighted by Gasteiger charge is 2.32. The molecule has 1 aromatic rings. The van der Waals surface area contributed by atoms with Gasteiger partial charge in [-0.2, -0.15) is 0 Å². The number of rotatable bonds is 4. The smallest absolute Gasteiger partial charge is 0.410 e. The number of nitrogens with zero attached hydrogens (tertiary/aromatic N) is 3. The molecule has 2 aliphatic rings. The summed E-state index contributed by atoms with van der Waals surface area (Å²) < 4.78 is 4.79. The van der Waals surface area contributed by atoms with Crippen LogP contribution < -0.4 is 5.32 Å². The van der Waals surface area contributed by atoms with Crippen molar-refractivity contribution in [3.8, 4) is 0 Å². The zero-order valence-corrected chi connectivity index (χ0v) is 15.0. The molecule has 0 aromatic carbocycles. The summed E-state index contributed by atoms with van der Waals surface area (Å²) in [6, 6.07) is -0.441. The fraction of sp³-hybridized carbons (Fsp3) is 0.667. The van der Waals surface area contributed by atoms with E-state index in [0.29, 0.717) is 25.9 Å². The molecule has 2 heterocycles. The van der Waals surface area contributed by atoms with Crippen LogP contribution in [0.3, 0.4) is 0 Å². The minimum Gasteiger partial charge on any atom is -0.453 e. The van der Waals surface area contributed by atoms with Crippen LogP contribution in [0.4, 0.5) is 4.79 Å². The molecule has 0 unspecified atom stereocenters. The summed E-state index contributed by atoms with van der Waals surface area (Å²) in [5.74, 6) is 0.662. The van der Waals surface area contributed by atoms with E-state index >= 15 is 0 Å². The van der Waals surface area contributed by atoms with Crippen molar-refractivity contribution < 1.29 is 14.3 Å². The number of methoxy groups -OCH3 is 1. The Balaban J connectivity index is 1.55. The summed E-state index contributed by atoms with van der Waals surface area (Å²) in [6.45, 7) is 3.07. The topological polar surface area (TPSA) is 84.4 Å². The number of hydrogen-bond donors (Lipinski definition) is 1. The Hall–Kier alpha value is -2.18. The van der Waals surface area contributed by atoms with Crippen molar-refractivity contribution in [3.63, 3.8) is 0 Å². The van der Waals surface area contributed by atoms with Gasteiger partial charge in [-0.05, 0) is 51.0 Å². The molecule has 0 saturated carbocycles. The first-order valence-corrected chi connectivity index (χ1v) is 9.07. The van der Waals surface area contributed by atoms with Crippen molar-refractivity contribution in [1.82, 2.24) is 20.2 Å². The predicted octanol–water partition coefficient (Wildman–Crippen LogP) is 1.55. The van der Waals surface area contributed by atoms with Crippen LogP contribution >= 0.6 is 0 Å². The minimum absolute atomic E-state index is 0.122. The molecule has 0 bridgehead atoms. The summed E-state index contributed by atoms with van der Waals surface area (Å²) in [7, 11) is 1.35. The fourth-order valence-electron chi connectivity index (χ4n) is 3.75. The molecular formula is C18H26N4O3. The van der Waals surface area contributed by atoms with Crippen LogP contribution in [0.2, 0.25) is 0 Å². The first kappa shape index (κ1) is 17.6. The number of aryl methyl sites for hydroxylation is 2. The molecule has 2 amide bonds. The summed E-state index contributed by atoms with van der Waals surface area (Å²) in [4.78, 5) is 35.0. The number of carbonyl (C=O) groups is 2. The Morgan fingerprint density at radius 3 is 2.88 bits per heavy atom. The molecule has 1 aromatic heterocycles. The van der Waals surface area contributed by atoms with E-state index in [1.54, 1.807) is 0 Å². The normalized spacial score (nSPS) is 19.4. The van der Waals surface area contributed by atoms with Gasteiger partial charge in [0.1, 0.15) is 11.9 Å². The molecule has 1 aliphatic carbocycles. The van der Waals surface area contributed by atoms with Crippen LogP contribution in [-0.2, 0) is 28.8 Å². The lowest BCUT2D eigenvalue weighted by molar-refractivity contribution is -0.126. The quantitative estimate of drug-likeness (QED) is 0.894. The van der Waals surface area contributed by atoms with E-state index in [2.05, 4.69) is 15.3 Å².